The van der Waals surface area contributed by atoms with E-state index in [4.69, 9.17) is 0 Å². The minimum absolute atomic E-state index is 0.843. The third-order valence-corrected chi connectivity index (χ3v) is 3.83. The molecule has 1 aromatic heterocycles. The van der Waals surface area contributed by atoms with E-state index in [1.54, 1.807) is 6.33 Å². The Labute approximate surface area is 134 Å². The van der Waals surface area contributed by atoms with Crippen LogP contribution in [0.4, 0.5) is 0 Å². The van der Waals surface area contributed by atoms with Crippen LogP contribution in [0.5, 0.6) is 0 Å². The molecule has 1 heterocycles. The Bertz CT molecular complexity index is 895. The van der Waals surface area contributed by atoms with Crippen molar-refractivity contribution >= 4 is 0 Å². The summed E-state index contributed by atoms with van der Waals surface area (Å²) in [5.74, 6) is 0.843. The molecule has 0 radical (unpaired) electrons. The van der Waals surface area contributed by atoms with Gasteiger partial charge in [0.15, 0.2) is 5.82 Å². The van der Waals surface area contributed by atoms with Gasteiger partial charge >= 0.3 is 0 Å². The average molecular weight is 297 g/mol. The van der Waals surface area contributed by atoms with Crippen molar-refractivity contribution in [2.24, 2.45) is 0 Å². The highest BCUT2D eigenvalue weighted by Gasteiger charge is 2.09. The van der Waals surface area contributed by atoms with Crippen molar-refractivity contribution in [3.63, 3.8) is 0 Å². The molecule has 0 N–H and O–H groups in total. The Kier molecular flexibility index (Phi) is 3.45. The maximum absolute atomic E-state index is 4.28. The van der Waals surface area contributed by atoms with E-state index in [1.807, 2.05) is 41.0 Å². The van der Waals surface area contributed by atoms with E-state index in [1.165, 1.54) is 11.1 Å². The van der Waals surface area contributed by atoms with Gasteiger partial charge in [0.05, 0.1) is 0 Å². The van der Waals surface area contributed by atoms with Crippen LogP contribution < -0.4 is 0 Å². The molecule has 0 aliphatic carbocycles. The fourth-order valence-corrected chi connectivity index (χ4v) is 2.65. The normalized spacial score (nSPS) is 10.6. The van der Waals surface area contributed by atoms with E-state index in [0.717, 1.165) is 17.1 Å². The lowest BCUT2D eigenvalue weighted by molar-refractivity contribution is 1.06. The second kappa shape index (κ2) is 5.89. The van der Waals surface area contributed by atoms with Gasteiger partial charge in [0.2, 0.25) is 0 Å². The highest BCUT2D eigenvalue weighted by Crippen LogP contribution is 2.25. The van der Waals surface area contributed by atoms with Crippen LogP contribution in [0.25, 0.3) is 28.2 Å². The van der Waals surface area contributed by atoms with Crippen molar-refractivity contribution < 1.29 is 0 Å². The highest BCUT2D eigenvalue weighted by molar-refractivity contribution is 5.68. The average Bonchev–Trinajstić information content (AvgIpc) is 3.13. The fraction of sp³-hybridized carbons (Fsp3) is 0. The van der Waals surface area contributed by atoms with Gasteiger partial charge < -0.3 is 0 Å². The zero-order chi connectivity index (χ0) is 15.5. The zero-order valence-electron chi connectivity index (χ0n) is 12.5. The van der Waals surface area contributed by atoms with Crippen molar-refractivity contribution in [3.05, 3.63) is 91.3 Å². The van der Waals surface area contributed by atoms with E-state index in [-0.39, 0.29) is 0 Å². The molecule has 0 aliphatic heterocycles. The minimum Gasteiger partial charge on any atom is -0.282 e. The summed E-state index contributed by atoms with van der Waals surface area (Å²) in [6, 6.07) is 28.9. The monoisotopic (exact) mass is 297 g/mol. The molecule has 0 bridgehead atoms. The largest absolute Gasteiger partial charge is 0.282 e. The van der Waals surface area contributed by atoms with Crippen LogP contribution in [0.15, 0.2) is 91.3 Å². The predicted octanol–water partition coefficient (Wildman–Crippen LogP) is 4.60. The molecule has 4 aromatic rings. The van der Waals surface area contributed by atoms with E-state index in [2.05, 4.69) is 58.7 Å². The molecular formula is C20H15N3. The molecule has 0 aliphatic rings. The first-order valence-corrected chi connectivity index (χ1v) is 7.53. The summed E-state index contributed by atoms with van der Waals surface area (Å²) in [7, 11) is 0. The Hall–Kier alpha value is -3.20. The number of para-hydroxylation sites is 1. The third-order valence-electron chi connectivity index (χ3n) is 3.83. The summed E-state index contributed by atoms with van der Waals surface area (Å²) in [6.45, 7) is 0. The quantitative estimate of drug-likeness (QED) is 0.553. The number of aromatic nitrogens is 3. The van der Waals surface area contributed by atoms with Gasteiger partial charge in [-0.2, -0.15) is 0 Å². The number of hydrogen-bond acceptors (Lipinski definition) is 2. The Morgan fingerprint density at radius 2 is 1.13 bits per heavy atom. The number of rotatable bonds is 3. The first-order valence-electron chi connectivity index (χ1n) is 7.53. The number of benzene rings is 3. The van der Waals surface area contributed by atoms with Gasteiger partial charge in [-0.15, -0.1) is 10.2 Å². The lowest BCUT2D eigenvalue weighted by atomic mass is 10.0. The van der Waals surface area contributed by atoms with E-state index in [0.29, 0.717) is 0 Å². The standard InChI is InChI=1S/C20H15N3/c1-3-7-16(8-4-1)17-11-13-18(14-12-17)20-22-21-15-23(20)19-9-5-2-6-10-19/h1-15H. The van der Waals surface area contributed by atoms with Crippen LogP contribution in [-0.2, 0) is 0 Å². The molecule has 0 atom stereocenters. The van der Waals surface area contributed by atoms with Gasteiger partial charge in [-0.05, 0) is 23.3 Å². The molecule has 3 nitrogen and oxygen atoms in total. The van der Waals surface area contributed by atoms with Crippen LogP contribution in [0.2, 0.25) is 0 Å². The SMILES string of the molecule is c1ccc(-c2ccc(-c3nncn3-c3ccccc3)cc2)cc1. The van der Waals surface area contributed by atoms with Crippen molar-refractivity contribution in [1.82, 2.24) is 14.8 Å². The van der Waals surface area contributed by atoms with Crippen LogP contribution in [0, 0.1) is 0 Å². The van der Waals surface area contributed by atoms with Crippen molar-refractivity contribution in [2.45, 2.75) is 0 Å². The summed E-state index contributed by atoms with van der Waals surface area (Å²) in [5, 5.41) is 8.35. The van der Waals surface area contributed by atoms with E-state index in [9.17, 15) is 0 Å². The molecule has 0 unspecified atom stereocenters. The molecule has 0 saturated carbocycles. The maximum atomic E-state index is 4.28. The van der Waals surface area contributed by atoms with Gasteiger partial charge in [-0.3, -0.25) is 4.57 Å². The predicted molar refractivity (Wildman–Crippen MR) is 92.2 cm³/mol. The third kappa shape index (κ3) is 2.64. The first kappa shape index (κ1) is 13.5. The van der Waals surface area contributed by atoms with Crippen molar-refractivity contribution in [1.29, 1.82) is 0 Å². The lowest BCUT2D eigenvalue weighted by Gasteiger charge is -2.07. The molecular weight excluding hydrogens is 282 g/mol. The van der Waals surface area contributed by atoms with E-state index < -0.39 is 0 Å². The lowest BCUT2D eigenvalue weighted by Crippen LogP contribution is -1.95. The number of hydrogen-bond donors (Lipinski definition) is 0. The number of nitrogens with zero attached hydrogens (tertiary/aromatic N) is 3. The molecule has 23 heavy (non-hydrogen) atoms. The van der Waals surface area contributed by atoms with Crippen LogP contribution in [0.1, 0.15) is 0 Å². The second-order valence-electron chi connectivity index (χ2n) is 5.30. The molecule has 3 aromatic carbocycles. The highest BCUT2D eigenvalue weighted by atomic mass is 15.3. The molecule has 0 saturated heterocycles. The maximum Gasteiger partial charge on any atom is 0.168 e. The molecule has 4 rings (SSSR count). The zero-order valence-corrected chi connectivity index (χ0v) is 12.5. The molecule has 0 amide bonds. The summed E-state index contributed by atoms with van der Waals surface area (Å²) >= 11 is 0. The van der Waals surface area contributed by atoms with E-state index >= 15 is 0 Å². The smallest absolute Gasteiger partial charge is 0.168 e. The summed E-state index contributed by atoms with van der Waals surface area (Å²) in [5.41, 5.74) is 4.51. The second-order valence-corrected chi connectivity index (χ2v) is 5.30. The van der Waals surface area contributed by atoms with Gasteiger partial charge in [0.25, 0.3) is 0 Å². The van der Waals surface area contributed by atoms with Crippen molar-refractivity contribution in [2.75, 3.05) is 0 Å². The molecule has 3 heteroatoms. The minimum atomic E-state index is 0.843. The fourth-order valence-electron chi connectivity index (χ4n) is 2.65. The molecule has 110 valence electrons. The Morgan fingerprint density at radius 3 is 1.83 bits per heavy atom. The summed E-state index contributed by atoms with van der Waals surface area (Å²) in [4.78, 5) is 0. The van der Waals surface area contributed by atoms with Crippen LogP contribution in [0.3, 0.4) is 0 Å². The first-order chi connectivity index (χ1) is 11.4. The van der Waals surface area contributed by atoms with Gasteiger partial charge in [0.1, 0.15) is 6.33 Å². The molecule has 0 fully saturated rings. The Morgan fingerprint density at radius 1 is 0.565 bits per heavy atom. The van der Waals surface area contributed by atoms with Gasteiger partial charge in [-0.25, -0.2) is 0 Å². The van der Waals surface area contributed by atoms with Crippen LogP contribution in [-0.4, -0.2) is 14.8 Å². The van der Waals surface area contributed by atoms with Crippen LogP contribution >= 0.6 is 0 Å². The summed E-state index contributed by atoms with van der Waals surface area (Å²) < 4.78 is 2.00. The molecule has 0 spiro atoms. The summed E-state index contributed by atoms with van der Waals surface area (Å²) in [6.07, 6.45) is 1.75. The van der Waals surface area contributed by atoms with Crippen molar-refractivity contribution in [3.8, 4) is 28.2 Å². The Balaban J connectivity index is 1.72. The van der Waals surface area contributed by atoms with Gasteiger partial charge in [0, 0.05) is 11.3 Å². The van der Waals surface area contributed by atoms with Gasteiger partial charge in [-0.1, -0.05) is 72.8 Å². The topological polar surface area (TPSA) is 30.7 Å².